The minimum absolute atomic E-state index is 0. The molecule has 0 heterocycles. The lowest BCUT2D eigenvalue weighted by Crippen LogP contribution is -2.42. The van der Waals surface area contributed by atoms with E-state index in [-0.39, 0.29) is 36.4 Å². The second-order valence-electron chi connectivity index (χ2n) is 8.19. The molecule has 1 aromatic rings. The van der Waals surface area contributed by atoms with Crippen LogP contribution in [-0.2, 0) is 11.3 Å². The van der Waals surface area contributed by atoms with Gasteiger partial charge in [0.05, 0.1) is 13.1 Å². The van der Waals surface area contributed by atoms with Crippen LogP contribution in [-0.4, -0.2) is 36.9 Å². The fraction of sp³-hybridized carbons (Fsp3) is 0.571. The molecular weight excluding hydrogens is 481 g/mol. The summed E-state index contributed by atoms with van der Waals surface area (Å²) in [6.45, 7) is 12.1. The summed E-state index contributed by atoms with van der Waals surface area (Å²) in [6.07, 6.45) is 2.21. The van der Waals surface area contributed by atoms with E-state index in [1.165, 1.54) is 0 Å². The molecule has 0 saturated heterocycles. The Morgan fingerprint density at radius 1 is 1.14 bits per heavy atom. The molecule has 0 aliphatic rings. The topological polar surface area (TPSA) is 109 Å². The van der Waals surface area contributed by atoms with Crippen molar-refractivity contribution < 1.29 is 9.59 Å². The number of nitrogens with zero attached hydrogens (tertiary/aromatic N) is 1. The van der Waals surface area contributed by atoms with Crippen molar-refractivity contribution in [1.29, 1.82) is 0 Å². The van der Waals surface area contributed by atoms with Crippen molar-refractivity contribution in [3.8, 4) is 0 Å². The van der Waals surface area contributed by atoms with Gasteiger partial charge in [-0.15, -0.1) is 24.0 Å². The molecule has 0 saturated carbocycles. The molecule has 7 nitrogen and oxygen atoms in total. The van der Waals surface area contributed by atoms with Gasteiger partial charge in [-0.05, 0) is 49.8 Å². The highest BCUT2D eigenvalue weighted by molar-refractivity contribution is 14.0. The van der Waals surface area contributed by atoms with Crippen LogP contribution in [0.2, 0.25) is 0 Å². The predicted molar refractivity (Wildman–Crippen MR) is 129 cm³/mol. The molecule has 0 spiro atoms. The molecule has 1 atom stereocenters. The lowest BCUT2D eigenvalue weighted by Gasteiger charge is -2.23. The number of rotatable bonds is 9. The highest BCUT2D eigenvalue weighted by Crippen LogP contribution is 2.21. The first-order chi connectivity index (χ1) is 13.1. The zero-order valence-electron chi connectivity index (χ0n) is 18.2. The second-order valence-corrected chi connectivity index (χ2v) is 8.19. The van der Waals surface area contributed by atoms with Crippen LogP contribution in [0, 0.1) is 5.41 Å². The van der Waals surface area contributed by atoms with Crippen LogP contribution in [0.25, 0.3) is 0 Å². The summed E-state index contributed by atoms with van der Waals surface area (Å²) in [5.41, 5.74) is 6.82. The summed E-state index contributed by atoms with van der Waals surface area (Å²) < 4.78 is 0. The van der Waals surface area contributed by atoms with Gasteiger partial charge in [-0.1, -0.05) is 32.9 Å². The second kappa shape index (κ2) is 13.4. The molecule has 0 fully saturated rings. The molecular formula is C21H36IN5O2. The molecule has 0 bridgehead atoms. The van der Waals surface area contributed by atoms with Crippen molar-refractivity contribution in [1.82, 2.24) is 16.0 Å². The SMILES string of the molecule is CCNC(=NCc1ccc(C(=O)NCC(N)=O)cc1)NC(C)CCC(C)(C)C.I. The number of benzene rings is 1. The number of hydrogen-bond donors (Lipinski definition) is 4. The van der Waals surface area contributed by atoms with Crippen molar-refractivity contribution >= 4 is 41.8 Å². The van der Waals surface area contributed by atoms with Gasteiger partial charge in [0.15, 0.2) is 5.96 Å². The lowest BCUT2D eigenvalue weighted by molar-refractivity contribution is -0.117. The maximum Gasteiger partial charge on any atom is 0.251 e. The Morgan fingerprint density at radius 2 is 1.76 bits per heavy atom. The van der Waals surface area contributed by atoms with E-state index in [2.05, 4.69) is 48.6 Å². The summed E-state index contributed by atoms with van der Waals surface area (Å²) >= 11 is 0. The Bertz CT molecular complexity index is 669. The zero-order chi connectivity index (χ0) is 21.2. The number of guanidine groups is 1. The Hall–Kier alpha value is -1.84. The summed E-state index contributed by atoms with van der Waals surface area (Å²) in [5, 5.41) is 9.19. The number of primary amides is 1. The first kappa shape index (κ1) is 27.2. The molecule has 0 radical (unpaired) electrons. The average molecular weight is 517 g/mol. The predicted octanol–water partition coefficient (Wildman–Crippen LogP) is 2.79. The standard InChI is InChI=1S/C21H35N5O2.HI/c1-6-23-20(26-15(2)11-12-21(3,4)5)25-13-16-7-9-17(10-8-16)19(28)24-14-18(22)27;/h7-10,15H,6,11-14H2,1-5H3,(H2,22,27)(H,24,28)(H2,23,25,26);1H. The first-order valence-electron chi connectivity index (χ1n) is 9.81. The van der Waals surface area contributed by atoms with E-state index in [0.717, 1.165) is 30.9 Å². The van der Waals surface area contributed by atoms with Gasteiger partial charge < -0.3 is 21.7 Å². The van der Waals surface area contributed by atoms with E-state index in [1.807, 2.05) is 19.1 Å². The largest absolute Gasteiger partial charge is 0.368 e. The van der Waals surface area contributed by atoms with E-state index in [9.17, 15) is 9.59 Å². The quantitative estimate of drug-likeness (QED) is 0.230. The third kappa shape index (κ3) is 12.4. The minimum atomic E-state index is -0.570. The molecule has 1 unspecified atom stereocenters. The van der Waals surface area contributed by atoms with Gasteiger partial charge in [0.2, 0.25) is 5.91 Å². The van der Waals surface area contributed by atoms with Crippen LogP contribution in [0.4, 0.5) is 0 Å². The van der Waals surface area contributed by atoms with Gasteiger partial charge in [-0.25, -0.2) is 4.99 Å². The van der Waals surface area contributed by atoms with E-state index < -0.39 is 5.91 Å². The van der Waals surface area contributed by atoms with Crippen LogP contribution < -0.4 is 21.7 Å². The average Bonchev–Trinajstić information content (AvgIpc) is 2.62. The van der Waals surface area contributed by atoms with Crippen molar-refractivity contribution in [3.63, 3.8) is 0 Å². The maximum atomic E-state index is 11.9. The van der Waals surface area contributed by atoms with Crippen molar-refractivity contribution in [3.05, 3.63) is 35.4 Å². The number of nitrogens with one attached hydrogen (secondary N) is 3. The highest BCUT2D eigenvalue weighted by Gasteiger charge is 2.13. The molecule has 164 valence electrons. The van der Waals surface area contributed by atoms with Gasteiger partial charge in [-0.2, -0.15) is 0 Å². The molecule has 0 aliphatic heterocycles. The maximum absolute atomic E-state index is 11.9. The lowest BCUT2D eigenvalue weighted by atomic mass is 9.89. The monoisotopic (exact) mass is 517 g/mol. The number of hydrogen-bond acceptors (Lipinski definition) is 3. The third-order valence-electron chi connectivity index (χ3n) is 4.11. The number of carbonyl (C=O) groups excluding carboxylic acids is 2. The van der Waals surface area contributed by atoms with Crippen LogP contribution in [0.15, 0.2) is 29.3 Å². The van der Waals surface area contributed by atoms with Crippen LogP contribution >= 0.6 is 24.0 Å². The van der Waals surface area contributed by atoms with Crippen molar-refractivity contribution in [2.24, 2.45) is 16.1 Å². The van der Waals surface area contributed by atoms with Gasteiger partial charge in [0.25, 0.3) is 5.91 Å². The fourth-order valence-corrected chi connectivity index (χ4v) is 2.48. The smallest absolute Gasteiger partial charge is 0.251 e. The number of carbonyl (C=O) groups is 2. The summed E-state index contributed by atoms with van der Waals surface area (Å²) in [4.78, 5) is 27.3. The van der Waals surface area contributed by atoms with E-state index in [0.29, 0.717) is 23.6 Å². The van der Waals surface area contributed by atoms with Crippen molar-refractivity contribution in [2.45, 2.75) is 60.0 Å². The molecule has 0 aromatic heterocycles. The molecule has 5 N–H and O–H groups in total. The van der Waals surface area contributed by atoms with Gasteiger partial charge >= 0.3 is 0 Å². The highest BCUT2D eigenvalue weighted by atomic mass is 127. The first-order valence-corrected chi connectivity index (χ1v) is 9.81. The van der Waals surface area contributed by atoms with Gasteiger partial charge in [-0.3, -0.25) is 9.59 Å². The van der Waals surface area contributed by atoms with E-state index in [1.54, 1.807) is 12.1 Å². The van der Waals surface area contributed by atoms with E-state index >= 15 is 0 Å². The zero-order valence-corrected chi connectivity index (χ0v) is 20.5. The fourth-order valence-electron chi connectivity index (χ4n) is 2.48. The summed E-state index contributed by atoms with van der Waals surface area (Å²) in [5.74, 6) is -0.108. The van der Waals surface area contributed by atoms with Crippen LogP contribution in [0.1, 0.15) is 63.4 Å². The molecule has 2 amide bonds. The van der Waals surface area contributed by atoms with Crippen LogP contribution in [0.3, 0.4) is 0 Å². The van der Waals surface area contributed by atoms with Gasteiger partial charge in [0.1, 0.15) is 0 Å². The number of amides is 2. The summed E-state index contributed by atoms with van der Waals surface area (Å²) in [6, 6.07) is 7.47. The molecule has 1 aromatic carbocycles. The third-order valence-corrected chi connectivity index (χ3v) is 4.11. The number of aliphatic imine (C=N–C) groups is 1. The van der Waals surface area contributed by atoms with Crippen LogP contribution in [0.5, 0.6) is 0 Å². The Balaban J connectivity index is 0.00000784. The van der Waals surface area contributed by atoms with E-state index in [4.69, 9.17) is 5.73 Å². The number of halogens is 1. The van der Waals surface area contributed by atoms with Gasteiger partial charge in [0, 0.05) is 18.2 Å². The molecule has 1 rings (SSSR count). The molecule has 0 aliphatic carbocycles. The van der Waals surface area contributed by atoms with Crippen molar-refractivity contribution in [2.75, 3.05) is 13.1 Å². The minimum Gasteiger partial charge on any atom is -0.368 e. The molecule has 8 heteroatoms. The number of nitrogens with two attached hydrogens (primary N) is 1. The Kier molecular flexibility index (Phi) is 12.5. The Labute approximate surface area is 191 Å². The Morgan fingerprint density at radius 3 is 2.28 bits per heavy atom. The normalized spacial score (nSPS) is 12.5. The summed E-state index contributed by atoms with van der Waals surface area (Å²) in [7, 11) is 0. The molecule has 29 heavy (non-hydrogen) atoms.